The van der Waals surface area contributed by atoms with Crippen molar-refractivity contribution in [1.29, 1.82) is 0 Å². The first-order valence-electron chi connectivity index (χ1n) is 9.64. The maximum atomic E-state index is 12.3. The molecule has 4 bridgehead atoms. The number of hydrogen-bond donors (Lipinski definition) is 1. The van der Waals surface area contributed by atoms with Crippen molar-refractivity contribution in [2.75, 3.05) is 19.8 Å². The van der Waals surface area contributed by atoms with E-state index in [-0.39, 0.29) is 30.0 Å². The minimum absolute atomic E-state index is 0.122. The summed E-state index contributed by atoms with van der Waals surface area (Å²) in [5.41, 5.74) is 0.181. The largest absolute Gasteiger partial charge is 0.456 e. The van der Waals surface area contributed by atoms with E-state index < -0.39 is 0 Å². The van der Waals surface area contributed by atoms with Crippen LogP contribution in [0.4, 0.5) is 0 Å². The fourth-order valence-electron chi connectivity index (χ4n) is 6.09. The van der Waals surface area contributed by atoms with Crippen molar-refractivity contribution in [2.24, 2.45) is 23.2 Å². The number of rotatable bonds is 6. The number of carbonyl (C=O) groups excluding carboxylic acids is 2. The van der Waals surface area contributed by atoms with E-state index in [9.17, 15) is 9.59 Å². The molecule has 24 heavy (non-hydrogen) atoms. The van der Waals surface area contributed by atoms with Gasteiger partial charge in [-0.3, -0.25) is 9.59 Å². The Hall–Kier alpha value is -1.10. The lowest BCUT2D eigenvalue weighted by Crippen LogP contribution is -2.47. The maximum Gasteiger partial charge on any atom is 0.306 e. The van der Waals surface area contributed by atoms with Gasteiger partial charge in [0.25, 0.3) is 5.91 Å². The van der Waals surface area contributed by atoms with E-state index in [4.69, 9.17) is 9.47 Å². The fourth-order valence-corrected chi connectivity index (χ4v) is 6.09. The lowest BCUT2D eigenvalue weighted by molar-refractivity contribution is -0.155. The normalized spacial score (nSPS) is 39.8. The molecule has 0 aromatic rings. The van der Waals surface area contributed by atoms with Crippen molar-refractivity contribution in [2.45, 2.75) is 63.9 Å². The third-order valence-electron chi connectivity index (χ3n) is 6.60. The molecule has 0 spiro atoms. The van der Waals surface area contributed by atoms with Gasteiger partial charge in [-0.2, -0.15) is 0 Å². The Labute approximate surface area is 143 Å². The van der Waals surface area contributed by atoms with E-state index in [2.05, 4.69) is 5.32 Å². The molecular weight excluding hydrogens is 306 g/mol. The molecule has 4 saturated carbocycles. The third-order valence-corrected chi connectivity index (χ3v) is 6.60. The number of carbonyl (C=O) groups is 2. The van der Waals surface area contributed by atoms with Gasteiger partial charge in [0.2, 0.25) is 0 Å². The van der Waals surface area contributed by atoms with Crippen LogP contribution in [0.5, 0.6) is 0 Å². The summed E-state index contributed by atoms with van der Waals surface area (Å²) >= 11 is 0. The highest BCUT2D eigenvalue weighted by Gasteiger charge is 2.51. The molecule has 1 heterocycles. The summed E-state index contributed by atoms with van der Waals surface area (Å²) in [5, 5.41) is 2.80. The highest BCUT2D eigenvalue weighted by atomic mass is 16.5. The van der Waals surface area contributed by atoms with Crippen LogP contribution in [-0.2, 0) is 19.1 Å². The Bertz CT molecular complexity index is 462. The highest BCUT2D eigenvalue weighted by Crippen LogP contribution is 2.61. The van der Waals surface area contributed by atoms with E-state index in [1.807, 2.05) is 0 Å². The van der Waals surface area contributed by atoms with Gasteiger partial charge in [-0.05, 0) is 74.5 Å². The van der Waals surface area contributed by atoms with Crippen LogP contribution in [0, 0.1) is 23.2 Å². The van der Waals surface area contributed by atoms with Gasteiger partial charge in [0.15, 0.2) is 6.61 Å². The molecule has 4 aliphatic carbocycles. The molecule has 134 valence electrons. The Morgan fingerprint density at radius 2 is 1.75 bits per heavy atom. The van der Waals surface area contributed by atoms with Crippen LogP contribution in [0.15, 0.2) is 0 Å². The highest BCUT2D eigenvalue weighted by molar-refractivity contribution is 5.80. The first kappa shape index (κ1) is 16.4. The van der Waals surface area contributed by atoms with Gasteiger partial charge in [0.1, 0.15) is 0 Å². The zero-order valence-corrected chi connectivity index (χ0v) is 14.4. The minimum Gasteiger partial charge on any atom is -0.456 e. The van der Waals surface area contributed by atoms with Crippen LogP contribution in [0.2, 0.25) is 0 Å². The van der Waals surface area contributed by atoms with E-state index in [0.717, 1.165) is 37.2 Å². The molecule has 0 aromatic carbocycles. The summed E-state index contributed by atoms with van der Waals surface area (Å²) < 4.78 is 10.7. The van der Waals surface area contributed by atoms with E-state index >= 15 is 0 Å². The van der Waals surface area contributed by atoms with Gasteiger partial charge in [0, 0.05) is 13.2 Å². The second-order valence-electron chi connectivity index (χ2n) is 8.69. The smallest absolute Gasteiger partial charge is 0.306 e. The average molecular weight is 335 g/mol. The summed E-state index contributed by atoms with van der Waals surface area (Å²) in [5.74, 6) is 2.09. The van der Waals surface area contributed by atoms with Crippen LogP contribution in [-0.4, -0.2) is 37.7 Å². The molecule has 1 amide bonds. The summed E-state index contributed by atoms with van der Waals surface area (Å²) in [6.45, 7) is 1.14. The Morgan fingerprint density at radius 3 is 2.33 bits per heavy atom. The van der Waals surface area contributed by atoms with E-state index in [0.29, 0.717) is 13.0 Å². The molecule has 5 rings (SSSR count). The van der Waals surface area contributed by atoms with Gasteiger partial charge >= 0.3 is 5.97 Å². The van der Waals surface area contributed by atoms with Gasteiger partial charge in [-0.1, -0.05) is 0 Å². The number of nitrogens with one attached hydrogen (secondary N) is 1. The van der Waals surface area contributed by atoms with Crippen LogP contribution in [0.1, 0.15) is 57.8 Å². The average Bonchev–Trinajstić information content (AvgIpc) is 3.02. The molecule has 5 aliphatic rings. The second-order valence-corrected chi connectivity index (χ2v) is 8.69. The molecule has 1 atom stereocenters. The van der Waals surface area contributed by atoms with Gasteiger partial charge < -0.3 is 14.8 Å². The predicted molar refractivity (Wildman–Crippen MR) is 88.2 cm³/mol. The van der Waals surface area contributed by atoms with Crippen molar-refractivity contribution >= 4 is 11.9 Å². The molecule has 1 saturated heterocycles. The molecule has 5 fully saturated rings. The van der Waals surface area contributed by atoms with Crippen molar-refractivity contribution in [3.8, 4) is 0 Å². The van der Waals surface area contributed by atoms with Crippen molar-refractivity contribution < 1.29 is 19.1 Å². The first-order chi connectivity index (χ1) is 11.6. The van der Waals surface area contributed by atoms with Crippen LogP contribution >= 0.6 is 0 Å². The van der Waals surface area contributed by atoms with Crippen LogP contribution in [0.3, 0.4) is 0 Å². The Morgan fingerprint density at radius 1 is 1.08 bits per heavy atom. The molecule has 0 aromatic heterocycles. The molecule has 0 radical (unpaired) electrons. The molecule has 5 heteroatoms. The summed E-state index contributed by atoms with van der Waals surface area (Å²) in [7, 11) is 0. The SMILES string of the molecule is O=C(COC(=O)CC12CC3CC(CC(C3)C1)C2)NC[C@H]1CCCO1. The molecular formula is C19H29NO4. The van der Waals surface area contributed by atoms with Crippen LogP contribution < -0.4 is 5.32 Å². The predicted octanol–water partition coefficient (Wildman–Crippen LogP) is 2.43. The molecule has 1 N–H and O–H groups in total. The number of ether oxygens (including phenoxy) is 2. The topological polar surface area (TPSA) is 64.6 Å². The Balaban J connectivity index is 1.20. The fraction of sp³-hybridized carbons (Fsp3) is 0.895. The third kappa shape index (κ3) is 3.61. The maximum absolute atomic E-state index is 12.3. The summed E-state index contributed by atoms with van der Waals surface area (Å²) in [6, 6.07) is 0. The van der Waals surface area contributed by atoms with Crippen molar-refractivity contribution in [3.63, 3.8) is 0 Å². The quantitative estimate of drug-likeness (QED) is 0.757. The van der Waals surface area contributed by atoms with Gasteiger partial charge in [0.05, 0.1) is 12.5 Å². The zero-order chi connectivity index (χ0) is 16.6. The monoisotopic (exact) mass is 335 g/mol. The van der Waals surface area contributed by atoms with Gasteiger partial charge in [-0.25, -0.2) is 0 Å². The lowest BCUT2D eigenvalue weighted by atomic mass is 9.49. The minimum atomic E-state index is -0.218. The molecule has 5 nitrogen and oxygen atoms in total. The number of esters is 1. The summed E-state index contributed by atoms with van der Waals surface area (Å²) in [6.07, 6.45) is 10.4. The van der Waals surface area contributed by atoms with Gasteiger partial charge in [-0.15, -0.1) is 0 Å². The van der Waals surface area contributed by atoms with Crippen molar-refractivity contribution in [1.82, 2.24) is 5.32 Å². The zero-order valence-electron chi connectivity index (χ0n) is 14.4. The number of hydrogen-bond acceptors (Lipinski definition) is 4. The summed E-state index contributed by atoms with van der Waals surface area (Å²) in [4.78, 5) is 24.1. The van der Waals surface area contributed by atoms with E-state index in [1.54, 1.807) is 0 Å². The van der Waals surface area contributed by atoms with Crippen LogP contribution in [0.25, 0.3) is 0 Å². The molecule has 0 unspecified atom stereocenters. The molecule has 1 aliphatic heterocycles. The Kier molecular flexibility index (Phi) is 4.54. The number of amides is 1. The van der Waals surface area contributed by atoms with Crippen molar-refractivity contribution in [3.05, 3.63) is 0 Å². The van der Waals surface area contributed by atoms with E-state index in [1.165, 1.54) is 38.5 Å². The second kappa shape index (κ2) is 6.66. The standard InChI is InChI=1S/C19H29NO4/c21-17(20-11-16-2-1-3-23-16)12-24-18(22)10-19-7-13-4-14(8-19)6-15(5-13)9-19/h13-16H,1-12H2,(H,20,21)/t13?,14?,15?,16-,19?/m1/s1. The lowest BCUT2D eigenvalue weighted by Gasteiger charge is -2.56. The first-order valence-corrected chi connectivity index (χ1v) is 9.64.